The highest BCUT2D eigenvalue weighted by atomic mass is 35.5. The van der Waals surface area contributed by atoms with Gasteiger partial charge in [0.15, 0.2) is 5.65 Å². The van der Waals surface area contributed by atoms with Crippen molar-refractivity contribution in [3.05, 3.63) is 11.5 Å². The molecule has 1 aliphatic heterocycles. The lowest BCUT2D eigenvalue weighted by atomic mass is 10.0. The second-order valence-corrected chi connectivity index (χ2v) is 6.15. The molecule has 2 atom stereocenters. The molecule has 3 heterocycles. The van der Waals surface area contributed by atoms with Crippen molar-refractivity contribution >= 4 is 22.8 Å². The monoisotopic (exact) mass is 310 g/mol. The molecular weight excluding hydrogens is 288 g/mol. The third-order valence-corrected chi connectivity index (χ3v) is 4.45. The molecular formula is C15H23ClN4O. The van der Waals surface area contributed by atoms with Crippen molar-refractivity contribution in [2.75, 3.05) is 12.5 Å². The number of nitrogens with zero attached hydrogens (tertiary/aromatic N) is 4. The summed E-state index contributed by atoms with van der Waals surface area (Å²) in [6, 6.07) is 0.429. The zero-order valence-electron chi connectivity index (χ0n) is 13.0. The number of aryl methyl sites for hydroxylation is 3. The molecule has 3 rings (SSSR count). The summed E-state index contributed by atoms with van der Waals surface area (Å²) in [4.78, 5) is 4.83. The average Bonchev–Trinajstić information content (AvgIpc) is 2.97. The molecule has 1 saturated heterocycles. The smallest absolute Gasteiger partial charge is 0.159 e. The maximum atomic E-state index is 5.98. The molecule has 0 N–H and O–H groups in total. The van der Waals surface area contributed by atoms with Gasteiger partial charge in [-0.2, -0.15) is 5.10 Å². The molecule has 0 spiro atoms. The Morgan fingerprint density at radius 2 is 2.24 bits per heavy atom. The molecule has 0 bridgehead atoms. The van der Waals surface area contributed by atoms with Crippen LogP contribution in [0.1, 0.15) is 44.2 Å². The summed E-state index contributed by atoms with van der Waals surface area (Å²) >= 11 is 5.98. The van der Waals surface area contributed by atoms with Gasteiger partial charge in [-0.1, -0.05) is 0 Å². The minimum atomic E-state index is 0.296. The largest absolute Gasteiger partial charge is 0.378 e. The third kappa shape index (κ3) is 2.57. The van der Waals surface area contributed by atoms with Gasteiger partial charge in [0.2, 0.25) is 0 Å². The Morgan fingerprint density at radius 3 is 2.90 bits per heavy atom. The summed E-state index contributed by atoms with van der Waals surface area (Å²) in [5.41, 5.74) is 3.17. The average molecular weight is 311 g/mol. The van der Waals surface area contributed by atoms with E-state index in [2.05, 4.69) is 28.2 Å². The van der Waals surface area contributed by atoms with Gasteiger partial charge >= 0.3 is 0 Å². The van der Waals surface area contributed by atoms with Crippen molar-refractivity contribution in [1.82, 2.24) is 19.3 Å². The molecule has 2 unspecified atom stereocenters. The highest BCUT2D eigenvalue weighted by Crippen LogP contribution is 2.31. The van der Waals surface area contributed by atoms with Crippen LogP contribution >= 0.6 is 11.6 Å². The van der Waals surface area contributed by atoms with Gasteiger partial charge in [-0.3, -0.25) is 0 Å². The number of hydrogen-bond acceptors (Lipinski definition) is 3. The van der Waals surface area contributed by atoms with Gasteiger partial charge in [0, 0.05) is 31.5 Å². The van der Waals surface area contributed by atoms with Crippen LogP contribution in [-0.2, 0) is 17.7 Å². The van der Waals surface area contributed by atoms with Gasteiger partial charge in [0.1, 0.15) is 11.3 Å². The first-order valence-electron chi connectivity index (χ1n) is 7.77. The zero-order chi connectivity index (χ0) is 15.0. The van der Waals surface area contributed by atoms with E-state index in [9.17, 15) is 0 Å². The first-order valence-corrected chi connectivity index (χ1v) is 8.30. The fourth-order valence-electron chi connectivity index (χ4n) is 3.31. The van der Waals surface area contributed by atoms with E-state index in [-0.39, 0.29) is 0 Å². The Kier molecular flexibility index (Phi) is 4.22. The van der Waals surface area contributed by atoms with Gasteiger partial charge in [-0.15, -0.1) is 11.6 Å². The quantitative estimate of drug-likeness (QED) is 0.815. The maximum Gasteiger partial charge on any atom is 0.159 e. The van der Waals surface area contributed by atoms with Crippen LogP contribution in [0.15, 0.2) is 0 Å². The number of imidazole rings is 1. The number of ether oxygens (including phenoxy) is 1. The number of alkyl halides is 1. The minimum absolute atomic E-state index is 0.296. The second-order valence-electron chi connectivity index (χ2n) is 5.77. The SMILES string of the molecule is CCn1nc(C)c2nc(CCCl)n(C3CCOC(C)C3)c21. The molecule has 21 heavy (non-hydrogen) atoms. The van der Waals surface area contributed by atoms with Crippen LogP contribution in [0.4, 0.5) is 0 Å². The summed E-state index contributed by atoms with van der Waals surface area (Å²) < 4.78 is 10.1. The van der Waals surface area contributed by atoms with Crippen molar-refractivity contribution in [2.45, 2.75) is 58.7 Å². The normalized spacial score (nSPS) is 23.0. The van der Waals surface area contributed by atoms with Crippen LogP contribution in [-0.4, -0.2) is 37.9 Å². The molecule has 2 aromatic rings. The van der Waals surface area contributed by atoms with E-state index in [1.807, 2.05) is 6.92 Å². The minimum Gasteiger partial charge on any atom is -0.378 e. The molecule has 0 saturated carbocycles. The molecule has 1 fully saturated rings. The molecule has 2 aromatic heterocycles. The summed E-state index contributed by atoms with van der Waals surface area (Å²) in [5, 5.41) is 4.61. The molecule has 0 aromatic carbocycles. The number of rotatable bonds is 4. The van der Waals surface area contributed by atoms with Gasteiger partial charge in [0.05, 0.1) is 11.8 Å². The van der Waals surface area contributed by atoms with Crippen LogP contribution in [0.25, 0.3) is 11.2 Å². The standard InChI is InChI=1S/C15H23ClN4O/c1-4-19-15-14(11(3)18-19)17-13(5-7-16)20(15)12-6-8-21-10(2)9-12/h10,12H,4-9H2,1-3H3. The van der Waals surface area contributed by atoms with Crippen molar-refractivity contribution in [2.24, 2.45) is 0 Å². The Bertz CT molecular complexity index is 633. The Labute approximate surface area is 130 Å². The fourth-order valence-corrected chi connectivity index (χ4v) is 3.48. The van der Waals surface area contributed by atoms with E-state index in [1.54, 1.807) is 0 Å². The Morgan fingerprint density at radius 1 is 1.43 bits per heavy atom. The number of hydrogen-bond donors (Lipinski definition) is 0. The van der Waals surface area contributed by atoms with Crippen LogP contribution < -0.4 is 0 Å². The van der Waals surface area contributed by atoms with Crippen molar-refractivity contribution < 1.29 is 4.74 Å². The first-order chi connectivity index (χ1) is 10.2. The van der Waals surface area contributed by atoms with Crippen LogP contribution in [0, 0.1) is 6.92 Å². The summed E-state index contributed by atoms with van der Waals surface area (Å²) in [5.74, 6) is 1.68. The van der Waals surface area contributed by atoms with Crippen LogP contribution in [0.5, 0.6) is 0 Å². The van der Waals surface area contributed by atoms with E-state index < -0.39 is 0 Å². The highest BCUT2D eigenvalue weighted by molar-refractivity contribution is 6.17. The highest BCUT2D eigenvalue weighted by Gasteiger charge is 2.27. The maximum absolute atomic E-state index is 5.98. The van der Waals surface area contributed by atoms with Crippen LogP contribution in [0.3, 0.4) is 0 Å². The molecule has 0 amide bonds. The van der Waals surface area contributed by atoms with E-state index in [0.717, 1.165) is 55.1 Å². The molecule has 5 nitrogen and oxygen atoms in total. The number of halogens is 1. The first kappa shape index (κ1) is 14.9. The van der Waals surface area contributed by atoms with E-state index in [4.69, 9.17) is 21.3 Å². The van der Waals surface area contributed by atoms with Crippen LogP contribution in [0.2, 0.25) is 0 Å². The topological polar surface area (TPSA) is 44.9 Å². The molecule has 116 valence electrons. The predicted molar refractivity (Wildman–Crippen MR) is 84.0 cm³/mol. The second kappa shape index (κ2) is 5.97. The predicted octanol–water partition coefficient (Wildman–Crippen LogP) is 3.08. The van der Waals surface area contributed by atoms with Gasteiger partial charge in [0.25, 0.3) is 0 Å². The lowest BCUT2D eigenvalue weighted by molar-refractivity contribution is 0.00604. The number of fused-ring (bicyclic) bond motifs is 1. The van der Waals surface area contributed by atoms with Crippen molar-refractivity contribution in [3.63, 3.8) is 0 Å². The van der Waals surface area contributed by atoms with Crippen molar-refractivity contribution in [1.29, 1.82) is 0 Å². The van der Waals surface area contributed by atoms with Gasteiger partial charge in [-0.05, 0) is 33.6 Å². The van der Waals surface area contributed by atoms with E-state index in [0.29, 0.717) is 18.0 Å². The van der Waals surface area contributed by atoms with E-state index >= 15 is 0 Å². The Hall–Kier alpha value is -1.07. The molecule has 0 aliphatic carbocycles. The molecule has 0 radical (unpaired) electrons. The lowest BCUT2D eigenvalue weighted by Gasteiger charge is -2.29. The zero-order valence-corrected chi connectivity index (χ0v) is 13.7. The van der Waals surface area contributed by atoms with Crippen molar-refractivity contribution in [3.8, 4) is 0 Å². The third-order valence-electron chi connectivity index (χ3n) is 4.26. The summed E-state index contributed by atoms with van der Waals surface area (Å²) in [7, 11) is 0. The van der Waals surface area contributed by atoms with Gasteiger partial charge < -0.3 is 9.30 Å². The summed E-state index contributed by atoms with van der Waals surface area (Å²) in [6.07, 6.45) is 3.14. The summed E-state index contributed by atoms with van der Waals surface area (Å²) in [6.45, 7) is 7.96. The van der Waals surface area contributed by atoms with E-state index in [1.165, 1.54) is 0 Å². The van der Waals surface area contributed by atoms with Gasteiger partial charge in [-0.25, -0.2) is 9.67 Å². The Balaban J connectivity index is 2.14. The molecule has 1 aliphatic rings. The number of aromatic nitrogens is 4. The lowest BCUT2D eigenvalue weighted by Crippen LogP contribution is -2.27. The fraction of sp³-hybridized carbons (Fsp3) is 0.733. The molecule has 6 heteroatoms.